The van der Waals surface area contributed by atoms with E-state index < -0.39 is 22.5 Å². The average Bonchev–Trinajstić information content (AvgIpc) is 2.51. The summed E-state index contributed by atoms with van der Waals surface area (Å²) >= 11 is 11.7. The molecule has 5 nitrogen and oxygen atoms in total. The summed E-state index contributed by atoms with van der Waals surface area (Å²) < 4.78 is 30.6. The van der Waals surface area contributed by atoms with Gasteiger partial charge in [0.2, 0.25) is 10.0 Å². The fourth-order valence-electron chi connectivity index (χ4n) is 1.75. The third kappa shape index (κ3) is 4.45. The minimum absolute atomic E-state index is 0.0971. The molecule has 0 aliphatic heterocycles. The smallest absolute Gasteiger partial charge is 0.326 e. The SMILES string of the molecule is CN(CC(=O)Oc1ccc(Cl)cc1Cl)S(=O)(=O)c1ccccc1. The number of hydrogen-bond acceptors (Lipinski definition) is 4. The molecule has 23 heavy (non-hydrogen) atoms. The van der Waals surface area contributed by atoms with Crippen LogP contribution in [0.3, 0.4) is 0 Å². The van der Waals surface area contributed by atoms with Crippen LogP contribution in [0.4, 0.5) is 0 Å². The molecular weight excluding hydrogens is 361 g/mol. The van der Waals surface area contributed by atoms with Crippen molar-refractivity contribution in [2.75, 3.05) is 13.6 Å². The molecule has 122 valence electrons. The van der Waals surface area contributed by atoms with Gasteiger partial charge in [-0.3, -0.25) is 4.79 Å². The van der Waals surface area contributed by atoms with Crippen LogP contribution in [0.25, 0.3) is 0 Å². The Labute approximate surface area is 144 Å². The number of halogens is 2. The lowest BCUT2D eigenvalue weighted by atomic mass is 10.3. The van der Waals surface area contributed by atoms with Crippen LogP contribution in [-0.4, -0.2) is 32.3 Å². The van der Waals surface area contributed by atoms with E-state index in [2.05, 4.69) is 0 Å². The van der Waals surface area contributed by atoms with E-state index in [1.807, 2.05) is 0 Å². The van der Waals surface area contributed by atoms with Gasteiger partial charge in [0.15, 0.2) is 0 Å². The van der Waals surface area contributed by atoms with E-state index in [-0.39, 0.29) is 15.7 Å². The fourth-order valence-corrected chi connectivity index (χ4v) is 3.34. The van der Waals surface area contributed by atoms with E-state index in [9.17, 15) is 13.2 Å². The maximum Gasteiger partial charge on any atom is 0.326 e. The molecule has 0 saturated heterocycles. The number of carbonyl (C=O) groups is 1. The number of likely N-dealkylation sites (N-methyl/N-ethyl adjacent to an activating group) is 1. The van der Waals surface area contributed by atoms with Gasteiger partial charge in [0.25, 0.3) is 0 Å². The molecular formula is C15H13Cl2NO4S. The fraction of sp³-hybridized carbons (Fsp3) is 0.133. The molecule has 0 saturated carbocycles. The Bertz CT molecular complexity index is 809. The number of esters is 1. The molecule has 0 fully saturated rings. The molecule has 2 aromatic rings. The van der Waals surface area contributed by atoms with Crippen LogP contribution < -0.4 is 4.74 Å². The lowest BCUT2D eigenvalue weighted by Crippen LogP contribution is -2.34. The minimum Gasteiger partial charge on any atom is -0.424 e. The molecule has 0 aromatic heterocycles. The van der Waals surface area contributed by atoms with Crippen LogP contribution in [0.2, 0.25) is 10.0 Å². The van der Waals surface area contributed by atoms with Crippen molar-refractivity contribution >= 4 is 39.2 Å². The summed E-state index contributed by atoms with van der Waals surface area (Å²) in [6.45, 7) is -0.448. The average molecular weight is 374 g/mol. The first-order valence-corrected chi connectivity index (χ1v) is 8.67. The third-order valence-electron chi connectivity index (χ3n) is 2.92. The number of nitrogens with zero attached hydrogens (tertiary/aromatic N) is 1. The first kappa shape index (κ1) is 17.7. The van der Waals surface area contributed by atoms with Gasteiger partial charge in [0.1, 0.15) is 12.3 Å². The Hall–Kier alpha value is -1.60. The molecule has 0 N–H and O–H groups in total. The van der Waals surface area contributed by atoms with E-state index in [0.29, 0.717) is 5.02 Å². The zero-order valence-corrected chi connectivity index (χ0v) is 14.4. The summed E-state index contributed by atoms with van der Waals surface area (Å²) in [7, 11) is -2.47. The van der Waals surface area contributed by atoms with Crippen molar-refractivity contribution in [2.24, 2.45) is 0 Å². The molecule has 2 rings (SSSR count). The summed E-state index contributed by atoms with van der Waals surface area (Å²) in [4.78, 5) is 12.0. The maximum absolute atomic E-state index is 12.3. The number of sulfonamides is 1. The minimum atomic E-state index is -3.76. The van der Waals surface area contributed by atoms with Gasteiger partial charge in [-0.05, 0) is 30.3 Å². The van der Waals surface area contributed by atoms with Crippen LogP contribution in [-0.2, 0) is 14.8 Å². The lowest BCUT2D eigenvalue weighted by molar-refractivity contribution is -0.134. The molecule has 8 heteroatoms. The van der Waals surface area contributed by atoms with E-state index in [1.165, 1.54) is 37.4 Å². The zero-order chi connectivity index (χ0) is 17.0. The quantitative estimate of drug-likeness (QED) is 0.596. The van der Waals surface area contributed by atoms with Gasteiger partial charge in [-0.1, -0.05) is 41.4 Å². The van der Waals surface area contributed by atoms with Gasteiger partial charge in [-0.15, -0.1) is 0 Å². The largest absolute Gasteiger partial charge is 0.424 e. The van der Waals surface area contributed by atoms with Crippen LogP contribution in [0, 0.1) is 0 Å². The zero-order valence-electron chi connectivity index (χ0n) is 12.1. The number of hydrogen-bond donors (Lipinski definition) is 0. The van der Waals surface area contributed by atoms with Gasteiger partial charge in [0.05, 0.1) is 9.92 Å². The molecule has 0 radical (unpaired) electrons. The molecule has 0 atom stereocenters. The van der Waals surface area contributed by atoms with Gasteiger partial charge in [-0.25, -0.2) is 8.42 Å². The molecule has 0 unspecified atom stereocenters. The summed E-state index contributed by atoms with van der Waals surface area (Å²) in [5, 5.41) is 0.568. The third-order valence-corrected chi connectivity index (χ3v) is 5.27. The molecule has 0 spiro atoms. The summed E-state index contributed by atoms with van der Waals surface area (Å²) in [6.07, 6.45) is 0. The second-order valence-electron chi connectivity index (χ2n) is 4.62. The predicted molar refractivity (Wildman–Crippen MR) is 88.4 cm³/mol. The topological polar surface area (TPSA) is 63.7 Å². The molecule has 0 aliphatic carbocycles. The molecule has 2 aromatic carbocycles. The highest BCUT2D eigenvalue weighted by Gasteiger charge is 2.23. The van der Waals surface area contributed by atoms with Crippen molar-refractivity contribution in [2.45, 2.75) is 4.90 Å². The van der Waals surface area contributed by atoms with Crippen LogP contribution in [0.15, 0.2) is 53.4 Å². The van der Waals surface area contributed by atoms with E-state index in [4.69, 9.17) is 27.9 Å². The van der Waals surface area contributed by atoms with E-state index in [1.54, 1.807) is 18.2 Å². The first-order chi connectivity index (χ1) is 10.8. The Balaban J connectivity index is 2.08. The van der Waals surface area contributed by atoms with Gasteiger partial charge < -0.3 is 4.74 Å². The highest BCUT2D eigenvalue weighted by Crippen LogP contribution is 2.27. The van der Waals surface area contributed by atoms with Crippen LogP contribution >= 0.6 is 23.2 Å². The second-order valence-corrected chi connectivity index (χ2v) is 7.51. The second kappa shape index (κ2) is 7.31. The number of ether oxygens (including phenoxy) is 1. The summed E-state index contributed by atoms with van der Waals surface area (Å²) in [5.74, 6) is -0.636. The van der Waals surface area contributed by atoms with Crippen LogP contribution in [0.5, 0.6) is 5.75 Å². The van der Waals surface area contributed by atoms with Crippen molar-refractivity contribution in [1.29, 1.82) is 0 Å². The Morgan fingerprint density at radius 3 is 2.39 bits per heavy atom. The monoisotopic (exact) mass is 373 g/mol. The number of carbonyl (C=O) groups excluding carboxylic acids is 1. The van der Waals surface area contributed by atoms with Crippen molar-refractivity contribution in [3.05, 3.63) is 58.6 Å². The van der Waals surface area contributed by atoms with Gasteiger partial charge in [0, 0.05) is 12.1 Å². The van der Waals surface area contributed by atoms with Crippen molar-refractivity contribution in [3.63, 3.8) is 0 Å². The standard InChI is InChI=1S/C15H13Cl2NO4S/c1-18(23(20,21)12-5-3-2-4-6-12)10-15(19)22-14-8-7-11(16)9-13(14)17/h2-9H,10H2,1H3. The van der Waals surface area contributed by atoms with Gasteiger partial charge in [-0.2, -0.15) is 4.31 Å². The Morgan fingerprint density at radius 1 is 1.13 bits per heavy atom. The van der Waals surface area contributed by atoms with E-state index >= 15 is 0 Å². The molecule has 0 aliphatic rings. The number of benzene rings is 2. The Morgan fingerprint density at radius 2 is 1.78 bits per heavy atom. The predicted octanol–water partition coefficient (Wildman–Crippen LogP) is 3.22. The van der Waals surface area contributed by atoms with Crippen molar-refractivity contribution in [3.8, 4) is 5.75 Å². The molecule has 0 amide bonds. The molecule has 0 bridgehead atoms. The van der Waals surface area contributed by atoms with E-state index in [0.717, 1.165) is 4.31 Å². The number of rotatable bonds is 5. The lowest BCUT2D eigenvalue weighted by Gasteiger charge is -2.16. The van der Waals surface area contributed by atoms with Crippen LogP contribution in [0.1, 0.15) is 0 Å². The summed E-state index contributed by atoms with van der Waals surface area (Å²) in [6, 6.07) is 12.2. The normalized spacial score (nSPS) is 11.5. The highest BCUT2D eigenvalue weighted by atomic mass is 35.5. The van der Waals surface area contributed by atoms with Gasteiger partial charge >= 0.3 is 5.97 Å². The molecule has 0 heterocycles. The van der Waals surface area contributed by atoms with Crippen molar-refractivity contribution in [1.82, 2.24) is 4.31 Å². The highest BCUT2D eigenvalue weighted by molar-refractivity contribution is 7.89. The maximum atomic E-state index is 12.3. The Kier molecular flexibility index (Phi) is 5.64. The first-order valence-electron chi connectivity index (χ1n) is 6.48. The van der Waals surface area contributed by atoms with Crippen molar-refractivity contribution < 1.29 is 17.9 Å². The summed E-state index contributed by atoms with van der Waals surface area (Å²) in [5.41, 5.74) is 0.